The van der Waals surface area contributed by atoms with Gasteiger partial charge in [-0.1, -0.05) is 37.3 Å². The second-order valence-corrected chi connectivity index (χ2v) is 6.35. The highest BCUT2D eigenvalue weighted by Gasteiger charge is 2.59. The van der Waals surface area contributed by atoms with Crippen LogP contribution in [0.25, 0.3) is 0 Å². The Morgan fingerprint density at radius 3 is 2.70 bits per heavy atom. The van der Waals surface area contributed by atoms with Gasteiger partial charge in [-0.05, 0) is 23.6 Å². The van der Waals surface area contributed by atoms with Gasteiger partial charge in [-0.25, -0.2) is 10.5 Å². The summed E-state index contributed by atoms with van der Waals surface area (Å²) in [5, 5.41) is 13.8. The predicted molar refractivity (Wildman–Crippen MR) is 90.0 cm³/mol. The summed E-state index contributed by atoms with van der Waals surface area (Å²) in [7, 11) is 0. The van der Waals surface area contributed by atoms with Crippen LogP contribution < -0.4 is 10.8 Å². The smallest absolute Gasteiger partial charge is 0.373 e. The first-order chi connectivity index (χ1) is 12.7. The molecule has 27 heavy (non-hydrogen) atoms. The lowest BCUT2D eigenvalue weighted by molar-refractivity contribution is -0.254. The third-order valence-corrected chi connectivity index (χ3v) is 4.38. The Kier molecular flexibility index (Phi) is 4.99. The van der Waals surface area contributed by atoms with E-state index in [9.17, 15) is 23.1 Å². The average Bonchev–Trinajstić information content (AvgIpc) is 3.09. The quantitative estimate of drug-likeness (QED) is 0.731. The van der Waals surface area contributed by atoms with Crippen molar-refractivity contribution in [2.75, 3.05) is 0 Å². The largest absolute Gasteiger partial charge is 0.426 e. The van der Waals surface area contributed by atoms with E-state index < -0.39 is 30.0 Å². The molecule has 3 rings (SSSR count). The van der Waals surface area contributed by atoms with Gasteiger partial charge < -0.3 is 10.4 Å². The van der Waals surface area contributed by atoms with Crippen LogP contribution >= 0.6 is 0 Å². The third-order valence-electron chi connectivity index (χ3n) is 4.38. The molecule has 0 radical (unpaired) electrons. The van der Waals surface area contributed by atoms with Gasteiger partial charge in [0, 0.05) is 18.3 Å². The summed E-state index contributed by atoms with van der Waals surface area (Å²) in [6, 6.07) is 8.42. The van der Waals surface area contributed by atoms with Gasteiger partial charge >= 0.3 is 6.18 Å². The lowest BCUT2D eigenvalue weighted by atomic mass is 9.85. The van der Waals surface area contributed by atoms with Crippen LogP contribution in [-0.2, 0) is 9.73 Å². The molecule has 2 unspecified atom stereocenters. The molecule has 2 atom stereocenters. The topological polar surface area (TPSA) is 73.8 Å². The molecular weight excluding hydrogens is 363 g/mol. The maximum absolute atomic E-state index is 13.6. The summed E-state index contributed by atoms with van der Waals surface area (Å²) in [4.78, 5) is 17.4. The second-order valence-electron chi connectivity index (χ2n) is 6.35. The molecule has 0 spiro atoms. The SMILES string of the molecule is CC(CC(O)(C(=O)NC1=CC2=CNON2C=C1)C(F)(F)F)c1ccccc1. The Morgan fingerprint density at radius 2 is 2.04 bits per heavy atom. The van der Waals surface area contributed by atoms with Gasteiger partial charge in [0.25, 0.3) is 5.91 Å². The van der Waals surface area contributed by atoms with Gasteiger partial charge in [0.15, 0.2) is 0 Å². The van der Waals surface area contributed by atoms with Crippen LogP contribution in [0.1, 0.15) is 24.8 Å². The maximum atomic E-state index is 13.6. The molecule has 0 fully saturated rings. The van der Waals surface area contributed by atoms with Crippen molar-refractivity contribution in [2.24, 2.45) is 0 Å². The number of hydrogen-bond donors (Lipinski definition) is 3. The molecule has 0 saturated heterocycles. The molecule has 6 nitrogen and oxygen atoms in total. The Balaban J connectivity index is 1.79. The van der Waals surface area contributed by atoms with Crippen molar-refractivity contribution in [2.45, 2.75) is 31.0 Å². The number of halogens is 3. The number of hydroxylamine groups is 3. The Labute approximate surface area is 153 Å². The molecule has 1 aromatic rings. The van der Waals surface area contributed by atoms with Gasteiger partial charge in [-0.2, -0.15) is 18.1 Å². The highest BCUT2D eigenvalue weighted by atomic mass is 19.4. The minimum absolute atomic E-state index is 0.102. The van der Waals surface area contributed by atoms with E-state index in [4.69, 9.17) is 4.94 Å². The fourth-order valence-corrected chi connectivity index (χ4v) is 2.83. The maximum Gasteiger partial charge on any atom is 0.426 e. The van der Waals surface area contributed by atoms with Crippen molar-refractivity contribution in [3.8, 4) is 0 Å². The highest BCUT2D eigenvalue weighted by Crippen LogP contribution is 2.38. The molecule has 0 aliphatic carbocycles. The number of nitrogens with one attached hydrogen (secondary N) is 2. The minimum atomic E-state index is -5.14. The summed E-state index contributed by atoms with van der Waals surface area (Å²) in [5.41, 5.74) is 0.114. The number of benzene rings is 1. The zero-order chi connectivity index (χ0) is 19.7. The van der Waals surface area contributed by atoms with E-state index in [2.05, 4.69) is 10.8 Å². The number of amides is 1. The van der Waals surface area contributed by atoms with E-state index in [1.165, 1.54) is 36.5 Å². The number of carbonyl (C=O) groups is 1. The number of alkyl halides is 3. The van der Waals surface area contributed by atoms with Gasteiger partial charge in [0.05, 0.1) is 11.9 Å². The number of fused-ring (bicyclic) bond motifs is 1. The zero-order valence-electron chi connectivity index (χ0n) is 14.3. The Hall–Kier alpha value is -2.78. The first-order valence-corrected chi connectivity index (χ1v) is 8.18. The number of allylic oxidation sites excluding steroid dienone is 2. The van der Waals surface area contributed by atoms with E-state index in [-0.39, 0.29) is 5.70 Å². The molecule has 0 saturated carbocycles. The summed E-state index contributed by atoms with van der Waals surface area (Å²) >= 11 is 0. The monoisotopic (exact) mass is 381 g/mol. The highest BCUT2D eigenvalue weighted by molar-refractivity contribution is 5.88. The van der Waals surface area contributed by atoms with Gasteiger partial charge in [-0.3, -0.25) is 4.79 Å². The number of aliphatic hydroxyl groups is 1. The number of rotatable bonds is 5. The molecule has 1 aromatic carbocycles. The minimum Gasteiger partial charge on any atom is -0.373 e. The van der Waals surface area contributed by atoms with Crippen molar-refractivity contribution in [3.05, 3.63) is 71.8 Å². The van der Waals surface area contributed by atoms with Crippen molar-refractivity contribution < 1.29 is 28.0 Å². The van der Waals surface area contributed by atoms with Crippen molar-refractivity contribution in [1.29, 1.82) is 0 Å². The Morgan fingerprint density at radius 1 is 1.33 bits per heavy atom. The summed E-state index contributed by atoms with van der Waals surface area (Å²) < 4.78 is 40.8. The first kappa shape index (κ1) is 19.0. The van der Waals surface area contributed by atoms with Gasteiger partial charge in [-0.15, -0.1) is 0 Å². The van der Waals surface area contributed by atoms with E-state index in [1.54, 1.807) is 30.3 Å². The fraction of sp³-hybridized carbons (Fsp3) is 0.278. The van der Waals surface area contributed by atoms with Crippen molar-refractivity contribution in [3.63, 3.8) is 0 Å². The average molecular weight is 381 g/mol. The van der Waals surface area contributed by atoms with Crippen LogP contribution in [-0.4, -0.2) is 27.9 Å². The molecule has 1 amide bonds. The van der Waals surface area contributed by atoms with Crippen LogP contribution in [0.4, 0.5) is 13.2 Å². The first-order valence-electron chi connectivity index (χ1n) is 8.18. The van der Waals surface area contributed by atoms with Crippen LogP contribution in [0.15, 0.2) is 66.3 Å². The molecule has 0 bridgehead atoms. The van der Waals surface area contributed by atoms with E-state index in [0.717, 1.165) is 0 Å². The third kappa shape index (κ3) is 3.83. The Bertz CT molecular complexity index is 805. The zero-order valence-corrected chi connectivity index (χ0v) is 14.3. The van der Waals surface area contributed by atoms with Crippen LogP contribution in [0.3, 0.4) is 0 Å². The molecule has 2 aliphatic heterocycles. The predicted octanol–water partition coefficient (Wildman–Crippen LogP) is 2.59. The number of carbonyl (C=O) groups excluding carboxylic acids is 1. The number of nitrogens with zero attached hydrogens (tertiary/aromatic N) is 1. The summed E-state index contributed by atoms with van der Waals surface area (Å²) in [5.74, 6) is -2.22. The summed E-state index contributed by atoms with van der Waals surface area (Å²) in [6.45, 7) is 1.53. The molecule has 2 aliphatic rings. The normalized spacial score (nSPS) is 19.4. The van der Waals surface area contributed by atoms with Gasteiger partial charge in [0.1, 0.15) is 0 Å². The molecule has 2 heterocycles. The molecule has 3 N–H and O–H groups in total. The standard InChI is InChI=1S/C18H18F3N3O3/c1-12(13-5-3-2-4-6-13)10-17(26,18(19,20)21)16(25)23-14-7-8-24-15(9-14)11-22-27-24/h2-9,11-12,22,26H,10H2,1H3,(H,23,25). The van der Waals surface area contributed by atoms with Gasteiger partial charge in [0.2, 0.25) is 5.60 Å². The fourth-order valence-electron chi connectivity index (χ4n) is 2.83. The summed E-state index contributed by atoms with van der Waals surface area (Å²) in [6.07, 6.45) is -0.288. The molecule has 144 valence electrons. The molecular formula is C18H18F3N3O3. The van der Waals surface area contributed by atoms with Crippen molar-refractivity contribution >= 4 is 5.91 Å². The lowest BCUT2D eigenvalue weighted by Crippen LogP contribution is -2.57. The van der Waals surface area contributed by atoms with Crippen LogP contribution in [0, 0.1) is 0 Å². The van der Waals surface area contributed by atoms with E-state index >= 15 is 0 Å². The van der Waals surface area contributed by atoms with Crippen LogP contribution in [0.5, 0.6) is 0 Å². The molecule has 0 aromatic heterocycles. The van der Waals surface area contributed by atoms with Crippen LogP contribution in [0.2, 0.25) is 0 Å². The van der Waals surface area contributed by atoms with E-state index in [1.807, 2.05) is 0 Å². The van der Waals surface area contributed by atoms with Crippen molar-refractivity contribution in [1.82, 2.24) is 15.9 Å². The van der Waals surface area contributed by atoms with E-state index in [0.29, 0.717) is 11.3 Å². The lowest BCUT2D eigenvalue weighted by Gasteiger charge is -2.32. The second kappa shape index (κ2) is 7.09. The molecule has 9 heteroatoms. The number of hydrogen-bond acceptors (Lipinski definition) is 5.